The molecule has 0 radical (unpaired) electrons. The Bertz CT molecular complexity index is 526. The molecule has 0 saturated carbocycles. The van der Waals surface area contributed by atoms with Crippen molar-refractivity contribution in [3.8, 4) is 0 Å². The molecular weight excluding hydrogens is 418 g/mol. The fourth-order valence-corrected chi connectivity index (χ4v) is 4.24. The van der Waals surface area contributed by atoms with E-state index in [1.54, 1.807) is 0 Å². The van der Waals surface area contributed by atoms with E-state index in [0.29, 0.717) is 5.75 Å². The lowest BCUT2D eigenvalue weighted by Gasteiger charge is -2.18. The number of hydrogen-bond acceptors (Lipinski definition) is 5. The summed E-state index contributed by atoms with van der Waals surface area (Å²) in [6.07, 6.45) is 16.1. The van der Waals surface area contributed by atoms with Crippen molar-refractivity contribution in [1.82, 2.24) is 5.32 Å². The third-order valence-electron chi connectivity index (χ3n) is 4.89. The summed E-state index contributed by atoms with van der Waals surface area (Å²) in [5.41, 5.74) is 0. The van der Waals surface area contributed by atoms with Gasteiger partial charge in [-0.05, 0) is 12.8 Å². The number of aliphatic carboxylic acids is 2. The van der Waals surface area contributed by atoms with E-state index < -0.39 is 29.8 Å². The minimum Gasteiger partial charge on any atom is -0.481 e. The summed E-state index contributed by atoms with van der Waals surface area (Å²) in [7, 11) is 0. The largest absolute Gasteiger partial charge is 0.481 e. The van der Waals surface area contributed by atoms with Gasteiger partial charge in [-0.15, -0.1) is 0 Å². The van der Waals surface area contributed by atoms with Crippen LogP contribution in [0.2, 0.25) is 0 Å². The van der Waals surface area contributed by atoms with Crippen LogP contribution in [0.15, 0.2) is 12.2 Å². The topological polar surface area (TPSA) is 124 Å². The molecule has 4 N–H and O–H groups in total. The number of allylic oxidation sites excluding steroid dienone is 1. The number of amides is 1. The van der Waals surface area contributed by atoms with E-state index in [1.165, 1.54) is 69.5 Å². The van der Waals surface area contributed by atoms with Crippen LogP contribution in [0.5, 0.6) is 0 Å². The van der Waals surface area contributed by atoms with Gasteiger partial charge in [0.2, 0.25) is 5.91 Å². The number of carboxylic acids is 2. The highest BCUT2D eigenvalue weighted by atomic mass is 32.2. The first kappa shape index (κ1) is 29.5. The second-order valence-electron chi connectivity index (χ2n) is 7.82. The number of carbonyl (C=O) groups excluding carboxylic acids is 1. The maximum Gasteiger partial charge on any atom is 0.322 e. The van der Waals surface area contributed by atoms with E-state index in [0.717, 1.165) is 12.8 Å². The van der Waals surface area contributed by atoms with Crippen LogP contribution < -0.4 is 5.32 Å². The molecule has 0 bridgehead atoms. The van der Waals surface area contributed by atoms with Gasteiger partial charge in [0.15, 0.2) is 0 Å². The van der Waals surface area contributed by atoms with Crippen LogP contribution in [0.25, 0.3) is 0 Å². The summed E-state index contributed by atoms with van der Waals surface area (Å²) < 4.78 is 0. The van der Waals surface area contributed by atoms with Crippen LogP contribution in [0.1, 0.15) is 90.4 Å². The van der Waals surface area contributed by atoms with Gasteiger partial charge in [-0.3, -0.25) is 14.4 Å². The number of rotatable bonds is 21. The van der Waals surface area contributed by atoms with Gasteiger partial charge >= 0.3 is 11.9 Å². The van der Waals surface area contributed by atoms with Crippen LogP contribution in [-0.2, 0) is 14.4 Å². The molecule has 2 unspecified atom stereocenters. The molecule has 0 aromatic carbocycles. The van der Waals surface area contributed by atoms with Gasteiger partial charge in [-0.25, -0.2) is 0 Å². The molecule has 0 aliphatic carbocycles. The zero-order chi connectivity index (χ0) is 23.3. The van der Waals surface area contributed by atoms with Crippen LogP contribution in [0.4, 0.5) is 0 Å². The first-order valence-electron chi connectivity index (χ1n) is 11.5. The zero-order valence-corrected chi connectivity index (χ0v) is 19.7. The van der Waals surface area contributed by atoms with E-state index in [4.69, 9.17) is 10.2 Å². The molecule has 31 heavy (non-hydrogen) atoms. The standard InChI is InChI=1S/C23H41NO6S/c1-2-3-4-5-6-7-8-9-10-11-12-13-14-20(19(25)17-22(27)28)31-16-15-21(26)24-18-23(29)30/h13-14,19-20,25H,2-12,15-18H2,1H3,(H,24,26)(H,27,28)(H,29,30). The minimum absolute atomic E-state index is 0.112. The molecule has 7 nitrogen and oxygen atoms in total. The van der Waals surface area contributed by atoms with Gasteiger partial charge in [0.1, 0.15) is 6.54 Å². The van der Waals surface area contributed by atoms with E-state index in [2.05, 4.69) is 12.2 Å². The molecule has 0 aromatic heterocycles. The van der Waals surface area contributed by atoms with Gasteiger partial charge in [0.05, 0.1) is 12.5 Å². The third kappa shape index (κ3) is 20.1. The van der Waals surface area contributed by atoms with Gasteiger partial charge in [-0.1, -0.05) is 76.9 Å². The number of nitrogens with one attached hydrogen (secondary N) is 1. The lowest BCUT2D eigenvalue weighted by molar-refractivity contribution is -0.139. The number of carboxylic acid groups (broad SMARTS) is 2. The van der Waals surface area contributed by atoms with Gasteiger partial charge < -0.3 is 20.6 Å². The summed E-state index contributed by atoms with van der Waals surface area (Å²) in [5, 5.41) is 29.5. The van der Waals surface area contributed by atoms with Gasteiger partial charge in [-0.2, -0.15) is 11.8 Å². The van der Waals surface area contributed by atoms with Gasteiger partial charge in [0.25, 0.3) is 0 Å². The van der Waals surface area contributed by atoms with Crippen molar-refractivity contribution in [3.05, 3.63) is 12.2 Å². The van der Waals surface area contributed by atoms with Crippen molar-refractivity contribution in [2.24, 2.45) is 0 Å². The number of unbranched alkanes of at least 4 members (excludes halogenated alkanes) is 10. The van der Waals surface area contributed by atoms with Crippen molar-refractivity contribution in [3.63, 3.8) is 0 Å². The van der Waals surface area contributed by atoms with Gasteiger partial charge in [0, 0.05) is 17.4 Å². The Morgan fingerprint density at radius 2 is 1.48 bits per heavy atom. The van der Waals surface area contributed by atoms with E-state index in [1.807, 2.05) is 12.2 Å². The molecule has 0 rings (SSSR count). The Morgan fingerprint density at radius 1 is 0.903 bits per heavy atom. The Balaban J connectivity index is 4.10. The molecule has 0 spiro atoms. The maximum atomic E-state index is 11.6. The van der Waals surface area contributed by atoms with Crippen LogP contribution in [-0.4, -0.2) is 56.8 Å². The molecule has 0 aliphatic heterocycles. The highest BCUT2D eigenvalue weighted by molar-refractivity contribution is 8.00. The number of thioether (sulfide) groups is 1. The number of hydrogen-bond donors (Lipinski definition) is 4. The molecule has 0 aliphatic rings. The maximum absolute atomic E-state index is 11.6. The Morgan fingerprint density at radius 3 is 2.03 bits per heavy atom. The second-order valence-corrected chi connectivity index (χ2v) is 9.11. The fraction of sp³-hybridized carbons (Fsp3) is 0.783. The summed E-state index contributed by atoms with van der Waals surface area (Å²) in [6, 6.07) is 0. The third-order valence-corrected chi connectivity index (χ3v) is 6.19. The van der Waals surface area contributed by atoms with E-state index in [-0.39, 0.29) is 18.7 Å². The highest BCUT2D eigenvalue weighted by Crippen LogP contribution is 2.20. The predicted molar refractivity (Wildman–Crippen MR) is 125 cm³/mol. The smallest absolute Gasteiger partial charge is 0.322 e. The first-order chi connectivity index (χ1) is 14.9. The molecule has 0 saturated heterocycles. The van der Waals surface area contributed by atoms with Crippen molar-refractivity contribution in [2.75, 3.05) is 12.3 Å². The lowest BCUT2D eigenvalue weighted by atomic mass is 10.1. The highest BCUT2D eigenvalue weighted by Gasteiger charge is 2.20. The molecule has 180 valence electrons. The summed E-state index contributed by atoms with van der Waals surface area (Å²) in [5.74, 6) is -2.18. The Kier molecular flexibility index (Phi) is 19.4. The predicted octanol–water partition coefficient (Wildman–Crippen LogP) is 4.38. The van der Waals surface area contributed by atoms with Crippen LogP contribution in [0, 0.1) is 0 Å². The van der Waals surface area contributed by atoms with Crippen molar-refractivity contribution in [2.45, 2.75) is 102 Å². The minimum atomic E-state index is -1.11. The first-order valence-corrected chi connectivity index (χ1v) is 12.6. The number of carbonyl (C=O) groups is 3. The summed E-state index contributed by atoms with van der Waals surface area (Å²) >= 11 is 1.31. The number of aliphatic hydroxyl groups is 1. The van der Waals surface area contributed by atoms with Crippen molar-refractivity contribution in [1.29, 1.82) is 0 Å². The summed E-state index contributed by atoms with van der Waals surface area (Å²) in [6.45, 7) is 1.80. The average molecular weight is 460 g/mol. The Hall–Kier alpha value is -1.54. The zero-order valence-electron chi connectivity index (χ0n) is 18.9. The second kappa shape index (κ2) is 20.4. The van der Waals surface area contributed by atoms with Crippen LogP contribution >= 0.6 is 11.8 Å². The summed E-state index contributed by atoms with van der Waals surface area (Å²) in [4.78, 5) is 32.9. The number of aliphatic hydroxyl groups excluding tert-OH is 1. The molecule has 0 heterocycles. The van der Waals surface area contributed by atoms with Crippen molar-refractivity contribution >= 4 is 29.6 Å². The molecule has 1 amide bonds. The molecular formula is C23H41NO6S. The molecule has 0 fully saturated rings. The van der Waals surface area contributed by atoms with Crippen LogP contribution in [0.3, 0.4) is 0 Å². The average Bonchev–Trinajstić information content (AvgIpc) is 2.71. The monoisotopic (exact) mass is 459 g/mol. The van der Waals surface area contributed by atoms with Crippen molar-refractivity contribution < 1.29 is 29.7 Å². The fourth-order valence-electron chi connectivity index (χ4n) is 3.12. The molecule has 2 atom stereocenters. The Labute approximate surface area is 191 Å². The lowest BCUT2D eigenvalue weighted by Crippen LogP contribution is -2.30. The quantitative estimate of drug-likeness (QED) is 0.148. The molecule has 0 aromatic rings. The normalized spacial score (nSPS) is 13.2. The van der Waals surface area contributed by atoms with E-state index in [9.17, 15) is 19.5 Å². The molecule has 8 heteroatoms. The van der Waals surface area contributed by atoms with E-state index >= 15 is 0 Å². The SMILES string of the molecule is CCCCCCCCCCCCC=CC(SCCC(=O)NCC(=O)O)C(O)CC(=O)O.